The first-order valence-corrected chi connectivity index (χ1v) is 5.39. The number of hydrogen-bond donors (Lipinski definition) is 1. The highest BCUT2D eigenvalue weighted by Gasteiger charge is 2.08. The van der Waals surface area contributed by atoms with Crippen molar-refractivity contribution in [1.29, 1.82) is 0 Å². The maximum Gasteiger partial charge on any atom is 0.306 e. The monoisotopic (exact) mass is 248 g/mol. The van der Waals surface area contributed by atoms with Crippen molar-refractivity contribution in [2.24, 2.45) is 0 Å². The number of benzene rings is 1. The Kier molecular flexibility index (Phi) is 3.57. The van der Waals surface area contributed by atoms with E-state index in [2.05, 4.69) is 15.0 Å². The third-order valence-corrected chi connectivity index (χ3v) is 2.40. The number of nitrogens with one attached hydrogen (secondary N) is 1. The average molecular weight is 248 g/mol. The fourth-order valence-corrected chi connectivity index (χ4v) is 1.48. The Morgan fingerprint density at radius 2 is 2.22 bits per heavy atom. The highest BCUT2D eigenvalue weighted by molar-refractivity contribution is 5.94. The predicted molar refractivity (Wildman–Crippen MR) is 63.9 cm³/mol. The van der Waals surface area contributed by atoms with E-state index in [9.17, 15) is 9.59 Å². The van der Waals surface area contributed by atoms with E-state index >= 15 is 0 Å². The van der Waals surface area contributed by atoms with Crippen LogP contribution in [0.25, 0.3) is 11.1 Å². The molecule has 6 heteroatoms. The summed E-state index contributed by atoms with van der Waals surface area (Å²) in [5.41, 5.74) is 1.94. The van der Waals surface area contributed by atoms with E-state index in [0.29, 0.717) is 16.8 Å². The number of carbonyl (C=O) groups excluding carboxylic acids is 2. The summed E-state index contributed by atoms with van der Waals surface area (Å²) >= 11 is 0. The zero-order valence-electron chi connectivity index (χ0n) is 9.80. The molecule has 1 heterocycles. The van der Waals surface area contributed by atoms with E-state index in [-0.39, 0.29) is 18.7 Å². The molecule has 0 saturated carbocycles. The quantitative estimate of drug-likeness (QED) is 0.833. The number of anilines is 1. The summed E-state index contributed by atoms with van der Waals surface area (Å²) in [5, 5.41) is 2.67. The molecule has 1 aromatic heterocycles. The fourth-order valence-electron chi connectivity index (χ4n) is 1.48. The lowest BCUT2D eigenvalue weighted by atomic mass is 10.2. The first-order chi connectivity index (χ1) is 8.69. The summed E-state index contributed by atoms with van der Waals surface area (Å²) in [6.07, 6.45) is 1.49. The Hall–Kier alpha value is -2.37. The first kappa shape index (κ1) is 12.1. The van der Waals surface area contributed by atoms with Gasteiger partial charge in [-0.05, 0) is 18.2 Å². The van der Waals surface area contributed by atoms with Crippen molar-refractivity contribution in [1.82, 2.24) is 4.98 Å². The van der Waals surface area contributed by atoms with Gasteiger partial charge in [-0.2, -0.15) is 0 Å². The average Bonchev–Trinajstić information content (AvgIpc) is 2.83. The van der Waals surface area contributed by atoms with Crippen LogP contribution < -0.4 is 5.32 Å². The van der Waals surface area contributed by atoms with Gasteiger partial charge in [0, 0.05) is 12.1 Å². The number of carbonyl (C=O) groups is 2. The van der Waals surface area contributed by atoms with Gasteiger partial charge in [-0.25, -0.2) is 4.98 Å². The lowest BCUT2D eigenvalue weighted by molar-refractivity contribution is -0.141. The molecule has 0 aliphatic heterocycles. The molecular formula is C12H12N2O4. The molecule has 0 aliphatic carbocycles. The summed E-state index contributed by atoms with van der Waals surface area (Å²) in [6.45, 7) is 0. The van der Waals surface area contributed by atoms with E-state index in [1.54, 1.807) is 18.2 Å². The van der Waals surface area contributed by atoms with Crippen molar-refractivity contribution >= 4 is 28.7 Å². The Morgan fingerprint density at radius 1 is 1.39 bits per heavy atom. The van der Waals surface area contributed by atoms with Crippen LogP contribution in [0.5, 0.6) is 0 Å². The van der Waals surface area contributed by atoms with Gasteiger partial charge in [-0.15, -0.1) is 0 Å². The smallest absolute Gasteiger partial charge is 0.306 e. The molecule has 0 bridgehead atoms. The molecule has 2 aromatic rings. The van der Waals surface area contributed by atoms with Gasteiger partial charge >= 0.3 is 5.97 Å². The number of aromatic nitrogens is 1. The molecule has 6 nitrogen and oxygen atoms in total. The van der Waals surface area contributed by atoms with Gasteiger partial charge in [0.2, 0.25) is 5.91 Å². The molecule has 1 amide bonds. The van der Waals surface area contributed by atoms with Crippen molar-refractivity contribution in [3.63, 3.8) is 0 Å². The second-order valence-electron chi connectivity index (χ2n) is 3.66. The summed E-state index contributed by atoms with van der Waals surface area (Å²) in [4.78, 5) is 26.4. The summed E-state index contributed by atoms with van der Waals surface area (Å²) < 4.78 is 9.54. The third kappa shape index (κ3) is 2.85. The zero-order valence-corrected chi connectivity index (χ0v) is 9.80. The molecule has 0 fully saturated rings. The highest BCUT2D eigenvalue weighted by atomic mass is 16.5. The van der Waals surface area contributed by atoms with Crippen molar-refractivity contribution in [2.45, 2.75) is 12.8 Å². The van der Waals surface area contributed by atoms with Crippen LogP contribution in [0.1, 0.15) is 12.8 Å². The van der Waals surface area contributed by atoms with Gasteiger partial charge in [0.15, 0.2) is 12.0 Å². The number of methoxy groups -OCH3 is 1. The molecule has 0 radical (unpaired) electrons. The number of amides is 1. The SMILES string of the molecule is COC(=O)CCC(=O)Nc1ccc2ocnc2c1. The Balaban J connectivity index is 1.96. The zero-order chi connectivity index (χ0) is 13.0. The number of ether oxygens (including phenoxy) is 1. The second kappa shape index (κ2) is 5.31. The van der Waals surface area contributed by atoms with Gasteiger partial charge in [0.05, 0.1) is 13.5 Å². The summed E-state index contributed by atoms with van der Waals surface area (Å²) in [7, 11) is 1.29. The molecule has 0 spiro atoms. The predicted octanol–water partition coefficient (Wildman–Crippen LogP) is 1.72. The van der Waals surface area contributed by atoms with E-state index in [0.717, 1.165) is 0 Å². The minimum Gasteiger partial charge on any atom is -0.469 e. The molecule has 0 atom stereocenters. The number of esters is 1. The van der Waals surface area contributed by atoms with E-state index in [1.165, 1.54) is 13.5 Å². The summed E-state index contributed by atoms with van der Waals surface area (Å²) in [6, 6.07) is 5.14. The molecule has 0 saturated heterocycles. The Bertz CT molecular complexity index is 576. The maximum absolute atomic E-state index is 11.5. The lowest BCUT2D eigenvalue weighted by Gasteiger charge is -2.04. The maximum atomic E-state index is 11.5. The first-order valence-electron chi connectivity index (χ1n) is 5.39. The number of hydrogen-bond acceptors (Lipinski definition) is 5. The van der Waals surface area contributed by atoms with Crippen LogP contribution in [0, 0.1) is 0 Å². The highest BCUT2D eigenvalue weighted by Crippen LogP contribution is 2.17. The number of oxazole rings is 1. The molecule has 1 N–H and O–H groups in total. The lowest BCUT2D eigenvalue weighted by Crippen LogP contribution is -2.13. The van der Waals surface area contributed by atoms with E-state index < -0.39 is 5.97 Å². The Morgan fingerprint density at radius 3 is 3.00 bits per heavy atom. The molecule has 18 heavy (non-hydrogen) atoms. The molecule has 94 valence electrons. The van der Waals surface area contributed by atoms with Crippen LogP contribution in [-0.2, 0) is 14.3 Å². The van der Waals surface area contributed by atoms with Gasteiger partial charge in [-0.3, -0.25) is 9.59 Å². The molecular weight excluding hydrogens is 236 g/mol. The van der Waals surface area contributed by atoms with Crippen LogP contribution >= 0.6 is 0 Å². The molecule has 0 unspecified atom stereocenters. The van der Waals surface area contributed by atoms with Gasteiger partial charge in [0.25, 0.3) is 0 Å². The van der Waals surface area contributed by atoms with Crippen molar-refractivity contribution in [3.8, 4) is 0 Å². The van der Waals surface area contributed by atoms with Crippen molar-refractivity contribution in [2.75, 3.05) is 12.4 Å². The Labute approximate surface area is 103 Å². The minimum atomic E-state index is -0.405. The van der Waals surface area contributed by atoms with Gasteiger partial charge in [-0.1, -0.05) is 0 Å². The number of nitrogens with zero attached hydrogens (tertiary/aromatic N) is 1. The minimum absolute atomic E-state index is 0.0640. The van der Waals surface area contributed by atoms with Crippen LogP contribution in [0.2, 0.25) is 0 Å². The van der Waals surface area contributed by atoms with Crippen molar-refractivity contribution in [3.05, 3.63) is 24.6 Å². The molecule has 1 aromatic carbocycles. The summed E-state index contributed by atoms with van der Waals surface area (Å²) in [5.74, 6) is -0.652. The van der Waals surface area contributed by atoms with E-state index in [4.69, 9.17) is 4.42 Å². The van der Waals surface area contributed by atoms with Gasteiger partial charge < -0.3 is 14.5 Å². The topological polar surface area (TPSA) is 81.4 Å². The molecule has 2 rings (SSSR count). The fraction of sp³-hybridized carbons (Fsp3) is 0.250. The van der Waals surface area contributed by atoms with E-state index in [1.807, 2.05) is 0 Å². The van der Waals surface area contributed by atoms with Gasteiger partial charge in [0.1, 0.15) is 5.52 Å². The van der Waals surface area contributed by atoms with Crippen LogP contribution in [0.15, 0.2) is 29.0 Å². The van der Waals surface area contributed by atoms with Crippen molar-refractivity contribution < 1.29 is 18.7 Å². The largest absolute Gasteiger partial charge is 0.469 e. The number of fused-ring (bicyclic) bond motifs is 1. The third-order valence-electron chi connectivity index (χ3n) is 2.40. The number of rotatable bonds is 4. The molecule has 0 aliphatic rings. The van der Waals surface area contributed by atoms with Crippen LogP contribution in [-0.4, -0.2) is 24.0 Å². The standard InChI is InChI=1S/C12H12N2O4/c1-17-12(16)5-4-11(15)14-8-2-3-10-9(6-8)13-7-18-10/h2-3,6-7H,4-5H2,1H3,(H,14,15). The van der Waals surface area contributed by atoms with Crippen LogP contribution in [0.4, 0.5) is 5.69 Å². The normalized spacial score (nSPS) is 10.3. The van der Waals surface area contributed by atoms with Crippen LogP contribution in [0.3, 0.4) is 0 Å². The second-order valence-corrected chi connectivity index (χ2v) is 3.66.